The molecule has 2 fully saturated rings. The fourth-order valence-corrected chi connectivity index (χ4v) is 3.64. The summed E-state index contributed by atoms with van der Waals surface area (Å²) in [5, 5.41) is 0. The zero-order valence-electron chi connectivity index (χ0n) is 9.43. The molecule has 2 nitrogen and oxygen atoms in total. The zero-order chi connectivity index (χ0) is 10.5. The van der Waals surface area contributed by atoms with E-state index >= 15 is 0 Å². The fraction of sp³-hybridized carbons (Fsp3) is 0.571. The molecule has 0 radical (unpaired) electrons. The Kier molecular flexibility index (Phi) is 1.91. The first-order valence-electron chi connectivity index (χ1n) is 6.42. The fourth-order valence-electron chi connectivity index (χ4n) is 3.64. The number of piperidine rings is 1. The molecule has 1 aromatic rings. The Labute approximate surface area is 96.2 Å². The van der Waals surface area contributed by atoms with Crippen LogP contribution in [0.1, 0.15) is 36.4 Å². The molecule has 84 valence electrons. The lowest BCUT2D eigenvalue weighted by molar-refractivity contribution is -0.0204. The summed E-state index contributed by atoms with van der Waals surface area (Å²) >= 11 is 0. The maximum absolute atomic E-state index is 6.20. The Morgan fingerprint density at radius 2 is 2.12 bits per heavy atom. The van der Waals surface area contributed by atoms with Gasteiger partial charge in [0.15, 0.2) is 0 Å². The van der Waals surface area contributed by atoms with Crippen LogP contribution >= 0.6 is 0 Å². The molecule has 0 amide bonds. The SMILES string of the molecule is c1ccc2c(c1)C[C@H]1O[C@@H]3CCCCN3[C@@H]21. The van der Waals surface area contributed by atoms with Crippen molar-refractivity contribution in [2.45, 2.75) is 44.1 Å². The van der Waals surface area contributed by atoms with Gasteiger partial charge in [-0.2, -0.15) is 0 Å². The molecule has 2 heteroatoms. The van der Waals surface area contributed by atoms with Crippen molar-refractivity contribution < 1.29 is 4.74 Å². The number of rotatable bonds is 0. The van der Waals surface area contributed by atoms with Crippen molar-refractivity contribution in [2.24, 2.45) is 0 Å². The van der Waals surface area contributed by atoms with Crippen molar-refractivity contribution in [3.05, 3.63) is 35.4 Å². The van der Waals surface area contributed by atoms with Gasteiger partial charge in [-0.05, 0) is 30.4 Å². The van der Waals surface area contributed by atoms with Crippen molar-refractivity contribution in [1.82, 2.24) is 4.90 Å². The van der Waals surface area contributed by atoms with Crippen molar-refractivity contribution in [3.63, 3.8) is 0 Å². The van der Waals surface area contributed by atoms with E-state index in [1.54, 1.807) is 0 Å². The summed E-state index contributed by atoms with van der Waals surface area (Å²) < 4.78 is 6.20. The zero-order valence-corrected chi connectivity index (χ0v) is 9.43. The minimum Gasteiger partial charge on any atom is -0.358 e. The van der Waals surface area contributed by atoms with Gasteiger partial charge in [0.25, 0.3) is 0 Å². The monoisotopic (exact) mass is 215 g/mol. The summed E-state index contributed by atoms with van der Waals surface area (Å²) in [5.41, 5.74) is 3.03. The molecule has 1 aliphatic carbocycles. The highest BCUT2D eigenvalue weighted by Crippen LogP contribution is 2.46. The van der Waals surface area contributed by atoms with E-state index in [-0.39, 0.29) is 0 Å². The second-order valence-corrected chi connectivity index (χ2v) is 5.21. The number of ether oxygens (including phenoxy) is 1. The van der Waals surface area contributed by atoms with Gasteiger partial charge in [0.05, 0.1) is 12.1 Å². The Morgan fingerprint density at radius 3 is 3.12 bits per heavy atom. The summed E-state index contributed by atoms with van der Waals surface area (Å²) in [6.07, 6.45) is 5.87. The lowest BCUT2D eigenvalue weighted by Crippen LogP contribution is -2.36. The molecule has 2 aliphatic heterocycles. The van der Waals surface area contributed by atoms with Crippen LogP contribution in [0.15, 0.2) is 24.3 Å². The van der Waals surface area contributed by atoms with Gasteiger partial charge in [0, 0.05) is 13.0 Å². The predicted molar refractivity (Wildman–Crippen MR) is 62.1 cm³/mol. The number of hydrogen-bond donors (Lipinski definition) is 0. The normalized spacial score (nSPS) is 36.9. The Bertz CT molecular complexity index is 417. The molecule has 1 aromatic carbocycles. The first kappa shape index (κ1) is 9.20. The van der Waals surface area contributed by atoms with Crippen molar-refractivity contribution in [1.29, 1.82) is 0 Å². The lowest BCUT2D eigenvalue weighted by atomic mass is 10.0. The van der Waals surface area contributed by atoms with Gasteiger partial charge >= 0.3 is 0 Å². The molecule has 0 saturated carbocycles. The van der Waals surface area contributed by atoms with E-state index in [1.165, 1.54) is 36.9 Å². The molecule has 16 heavy (non-hydrogen) atoms. The number of nitrogens with zero attached hydrogens (tertiary/aromatic N) is 1. The van der Waals surface area contributed by atoms with Crippen LogP contribution in [0.2, 0.25) is 0 Å². The van der Waals surface area contributed by atoms with E-state index in [2.05, 4.69) is 29.2 Å². The molecule has 3 aliphatic rings. The second kappa shape index (κ2) is 3.31. The van der Waals surface area contributed by atoms with Crippen molar-refractivity contribution in [3.8, 4) is 0 Å². The minimum absolute atomic E-state index is 0.414. The largest absolute Gasteiger partial charge is 0.358 e. The summed E-state index contributed by atoms with van der Waals surface area (Å²) in [7, 11) is 0. The Hall–Kier alpha value is -0.860. The van der Waals surface area contributed by atoms with E-state index < -0.39 is 0 Å². The lowest BCUT2D eigenvalue weighted by Gasteiger charge is -2.31. The highest BCUT2D eigenvalue weighted by Gasteiger charge is 2.47. The van der Waals surface area contributed by atoms with E-state index in [0.717, 1.165) is 6.42 Å². The van der Waals surface area contributed by atoms with Gasteiger partial charge in [0.1, 0.15) is 6.23 Å². The van der Waals surface area contributed by atoms with Gasteiger partial charge in [-0.3, -0.25) is 4.90 Å². The van der Waals surface area contributed by atoms with Gasteiger partial charge in [-0.25, -0.2) is 0 Å². The van der Waals surface area contributed by atoms with Crippen LogP contribution in [0.25, 0.3) is 0 Å². The van der Waals surface area contributed by atoms with E-state index in [0.29, 0.717) is 18.4 Å². The van der Waals surface area contributed by atoms with Gasteiger partial charge in [-0.15, -0.1) is 0 Å². The molecule has 0 spiro atoms. The Balaban J connectivity index is 1.74. The van der Waals surface area contributed by atoms with Crippen LogP contribution in [-0.2, 0) is 11.2 Å². The van der Waals surface area contributed by atoms with E-state index in [1.807, 2.05) is 0 Å². The highest BCUT2D eigenvalue weighted by atomic mass is 16.5. The average Bonchev–Trinajstić information content (AvgIpc) is 2.83. The van der Waals surface area contributed by atoms with Crippen LogP contribution in [0.4, 0.5) is 0 Å². The number of fused-ring (bicyclic) bond motifs is 5. The smallest absolute Gasteiger partial charge is 0.111 e. The molecular weight excluding hydrogens is 198 g/mol. The maximum Gasteiger partial charge on any atom is 0.111 e. The minimum atomic E-state index is 0.414. The van der Waals surface area contributed by atoms with Gasteiger partial charge in [-0.1, -0.05) is 24.3 Å². The van der Waals surface area contributed by atoms with E-state index in [9.17, 15) is 0 Å². The summed E-state index contributed by atoms with van der Waals surface area (Å²) in [4.78, 5) is 2.60. The highest BCUT2D eigenvalue weighted by molar-refractivity contribution is 5.37. The third kappa shape index (κ3) is 1.14. The van der Waals surface area contributed by atoms with E-state index in [4.69, 9.17) is 4.74 Å². The molecule has 2 heterocycles. The van der Waals surface area contributed by atoms with Gasteiger partial charge in [0.2, 0.25) is 0 Å². The molecule has 0 unspecified atom stereocenters. The summed E-state index contributed by atoms with van der Waals surface area (Å²) in [6, 6.07) is 9.42. The van der Waals surface area contributed by atoms with Crippen LogP contribution in [0.3, 0.4) is 0 Å². The first-order chi connectivity index (χ1) is 7.93. The van der Waals surface area contributed by atoms with Crippen LogP contribution in [0, 0.1) is 0 Å². The molecule has 2 saturated heterocycles. The molecule has 0 bridgehead atoms. The third-order valence-electron chi connectivity index (χ3n) is 4.32. The molecule has 0 N–H and O–H groups in total. The predicted octanol–water partition coefficient (Wildman–Crippen LogP) is 2.49. The summed E-state index contributed by atoms with van der Waals surface area (Å²) in [5.74, 6) is 0. The standard InChI is InChI=1S/C14H17NO/c1-2-6-11-10(5-1)9-12-14(11)15-8-4-3-7-13(15)16-12/h1-2,5-6,12-14H,3-4,7-9H2/t12-,13-,14+/m1/s1. The quantitative estimate of drug-likeness (QED) is 0.659. The average molecular weight is 215 g/mol. The van der Waals surface area contributed by atoms with Crippen LogP contribution in [-0.4, -0.2) is 23.8 Å². The second-order valence-electron chi connectivity index (χ2n) is 5.21. The molecule has 0 aromatic heterocycles. The molecule has 4 rings (SSSR count). The maximum atomic E-state index is 6.20. The number of benzene rings is 1. The van der Waals surface area contributed by atoms with Gasteiger partial charge < -0.3 is 4.74 Å². The number of hydrogen-bond acceptors (Lipinski definition) is 2. The van der Waals surface area contributed by atoms with Crippen LogP contribution in [0.5, 0.6) is 0 Å². The molecular formula is C14H17NO. The summed E-state index contributed by atoms with van der Waals surface area (Å²) in [6.45, 7) is 1.22. The first-order valence-corrected chi connectivity index (χ1v) is 6.42. The Morgan fingerprint density at radius 1 is 1.19 bits per heavy atom. The third-order valence-corrected chi connectivity index (χ3v) is 4.32. The topological polar surface area (TPSA) is 12.5 Å². The van der Waals surface area contributed by atoms with Crippen LogP contribution < -0.4 is 0 Å². The molecule has 3 atom stereocenters. The van der Waals surface area contributed by atoms with Crippen molar-refractivity contribution in [2.75, 3.05) is 6.54 Å². The van der Waals surface area contributed by atoms with Crippen molar-refractivity contribution >= 4 is 0 Å².